The lowest BCUT2D eigenvalue weighted by Gasteiger charge is -2.19. The molecular weight excluding hydrogens is 126 g/mol. The average Bonchev–Trinajstić information content (AvgIpc) is 1.58. The molecule has 0 saturated carbocycles. The van der Waals surface area contributed by atoms with Crippen LogP contribution in [0.1, 0.15) is 20.8 Å². The molecule has 0 aromatic heterocycles. The Labute approximate surface area is 64.2 Å². The zero-order chi connectivity index (χ0) is 8.15. The lowest BCUT2D eigenvalue weighted by molar-refractivity contribution is 0.00608. The molecule has 1 unspecified atom stereocenters. The Hall–Kier alpha value is -0.0800. The summed E-state index contributed by atoms with van der Waals surface area (Å²) in [5, 5.41) is 0. The van der Waals surface area contributed by atoms with Crippen molar-refractivity contribution in [2.24, 2.45) is 0 Å². The van der Waals surface area contributed by atoms with Crippen LogP contribution in [0.4, 0.5) is 0 Å². The largest absolute Gasteiger partial charge is 0.375 e. The summed E-state index contributed by atoms with van der Waals surface area (Å²) in [5.74, 6) is 0. The summed E-state index contributed by atoms with van der Waals surface area (Å²) in [6, 6.07) is 0. The van der Waals surface area contributed by atoms with E-state index in [1.165, 1.54) is 0 Å². The Morgan fingerprint density at radius 2 is 1.70 bits per heavy atom. The monoisotopic (exact) mass is 145 g/mol. The summed E-state index contributed by atoms with van der Waals surface area (Å²) in [4.78, 5) is 2.13. The van der Waals surface area contributed by atoms with Crippen LogP contribution in [0.5, 0.6) is 0 Å². The molecule has 0 rings (SSSR count). The van der Waals surface area contributed by atoms with E-state index in [1.807, 2.05) is 0 Å². The normalized spacial score (nSPS) is 14.7. The van der Waals surface area contributed by atoms with E-state index in [-0.39, 0.29) is 0 Å². The third-order valence-electron chi connectivity index (χ3n) is 1.13. The maximum Gasteiger partial charge on any atom is 0.0677 e. The molecule has 0 heterocycles. The van der Waals surface area contributed by atoms with E-state index in [2.05, 4.69) is 39.8 Å². The van der Waals surface area contributed by atoms with Gasteiger partial charge in [-0.15, -0.1) is 0 Å². The van der Waals surface area contributed by atoms with Gasteiger partial charge in [-0.05, 0) is 34.9 Å². The average molecular weight is 145 g/mol. The fourth-order valence-electron chi connectivity index (χ4n) is 1.02. The topological polar surface area (TPSA) is 12.5 Å². The van der Waals surface area contributed by atoms with Gasteiger partial charge in [-0.1, -0.05) is 0 Å². The molecule has 0 aliphatic heterocycles. The molecule has 0 aliphatic carbocycles. The smallest absolute Gasteiger partial charge is 0.0677 e. The van der Waals surface area contributed by atoms with Crippen molar-refractivity contribution >= 4 is 0 Å². The fraction of sp³-hybridized carbons (Fsp3) is 1.00. The van der Waals surface area contributed by atoms with Gasteiger partial charge in [-0.3, -0.25) is 0 Å². The second-order valence-corrected chi connectivity index (χ2v) is 3.26. The van der Waals surface area contributed by atoms with Crippen LogP contribution in [0.15, 0.2) is 0 Å². The Kier molecular flexibility index (Phi) is 4.65. The maximum absolute atomic E-state index is 5.52. The Morgan fingerprint density at radius 3 is 2.00 bits per heavy atom. The predicted octanol–water partition coefficient (Wildman–Crippen LogP) is 1.36. The van der Waals surface area contributed by atoms with Crippen LogP contribution >= 0.6 is 0 Å². The molecule has 2 heteroatoms. The van der Waals surface area contributed by atoms with E-state index < -0.39 is 0 Å². The number of hydrogen-bond acceptors (Lipinski definition) is 2. The molecule has 10 heavy (non-hydrogen) atoms. The lowest BCUT2D eigenvalue weighted by Crippen LogP contribution is -2.27. The van der Waals surface area contributed by atoms with Crippen LogP contribution in [0.3, 0.4) is 0 Å². The number of nitrogens with zero attached hydrogens (tertiary/aromatic N) is 1. The molecule has 0 N–H and O–H groups in total. The second kappa shape index (κ2) is 4.69. The summed E-state index contributed by atoms with van der Waals surface area (Å²) < 4.78 is 5.52. The van der Waals surface area contributed by atoms with Gasteiger partial charge in [0, 0.05) is 6.54 Å². The summed E-state index contributed by atoms with van der Waals surface area (Å²) in [6.45, 7) is 7.22. The standard InChI is InChI=1S/C8H19NO/c1-7(2)10-8(3)6-9(4)5/h7-8H,6H2,1-5H3. The Bertz CT molecular complexity index is 71.3. The van der Waals surface area contributed by atoms with Crippen LogP contribution in [-0.4, -0.2) is 37.7 Å². The van der Waals surface area contributed by atoms with Gasteiger partial charge in [0.05, 0.1) is 12.2 Å². The van der Waals surface area contributed by atoms with Gasteiger partial charge in [0.2, 0.25) is 0 Å². The molecule has 62 valence electrons. The number of rotatable bonds is 4. The van der Waals surface area contributed by atoms with Crippen LogP contribution < -0.4 is 0 Å². The number of ether oxygens (including phenoxy) is 1. The minimum absolute atomic E-state index is 0.343. The van der Waals surface area contributed by atoms with Crippen molar-refractivity contribution in [3.05, 3.63) is 0 Å². The quantitative estimate of drug-likeness (QED) is 0.592. The van der Waals surface area contributed by atoms with Crippen LogP contribution in [0.25, 0.3) is 0 Å². The molecule has 0 fully saturated rings. The first-order valence-corrected chi connectivity index (χ1v) is 3.82. The van der Waals surface area contributed by atoms with Crippen LogP contribution in [0.2, 0.25) is 0 Å². The minimum Gasteiger partial charge on any atom is -0.375 e. The third kappa shape index (κ3) is 6.05. The lowest BCUT2D eigenvalue weighted by atomic mass is 10.3. The van der Waals surface area contributed by atoms with Gasteiger partial charge in [-0.2, -0.15) is 0 Å². The molecule has 0 spiro atoms. The van der Waals surface area contributed by atoms with Gasteiger partial charge >= 0.3 is 0 Å². The van der Waals surface area contributed by atoms with Crippen molar-refractivity contribution < 1.29 is 4.74 Å². The highest BCUT2D eigenvalue weighted by Crippen LogP contribution is 1.97. The van der Waals surface area contributed by atoms with Crippen molar-refractivity contribution in [1.82, 2.24) is 4.90 Å². The summed E-state index contributed by atoms with van der Waals surface area (Å²) in [6.07, 6.45) is 0.685. The van der Waals surface area contributed by atoms with Gasteiger partial charge in [-0.25, -0.2) is 0 Å². The highest BCUT2D eigenvalue weighted by atomic mass is 16.5. The first-order chi connectivity index (χ1) is 4.52. The van der Waals surface area contributed by atoms with E-state index >= 15 is 0 Å². The first kappa shape index (κ1) is 9.92. The Morgan fingerprint density at radius 1 is 1.20 bits per heavy atom. The molecule has 2 nitrogen and oxygen atoms in total. The minimum atomic E-state index is 0.343. The van der Waals surface area contributed by atoms with Gasteiger partial charge in [0.15, 0.2) is 0 Å². The van der Waals surface area contributed by atoms with Gasteiger partial charge < -0.3 is 9.64 Å². The fourth-order valence-corrected chi connectivity index (χ4v) is 1.02. The first-order valence-electron chi connectivity index (χ1n) is 3.82. The van der Waals surface area contributed by atoms with E-state index in [0.29, 0.717) is 12.2 Å². The van der Waals surface area contributed by atoms with Crippen molar-refractivity contribution in [2.45, 2.75) is 33.0 Å². The number of likely N-dealkylation sites (N-methyl/N-ethyl adjacent to an activating group) is 1. The second-order valence-electron chi connectivity index (χ2n) is 3.26. The summed E-state index contributed by atoms with van der Waals surface area (Å²) >= 11 is 0. The van der Waals surface area contributed by atoms with Crippen molar-refractivity contribution in [3.8, 4) is 0 Å². The highest BCUT2D eigenvalue weighted by Gasteiger charge is 2.04. The maximum atomic E-state index is 5.52. The SMILES string of the molecule is CC(C)OC(C)CN(C)C. The van der Waals surface area contributed by atoms with Crippen molar-refractivity contribution in [2.75, 3.05) is 20.6 Å². The molecule has 0 aromatic rings. The molecule has 0 radical (unpaired) electrons. The van der Waals surface area contributed by atoms with E-state index in [1.54, 1.807) is 0 Å². The predicted molar refractivity (Wildman–Crippen MR) is 44.2 cm³/mol. The van der Waals surface area contributed by atoms with Crippen LogP contribution in [-0.2, 0) is 4.74 Å². The van der Waals surface area contributed by atoms with Gasteiger partial charge in [0.1, 0.15) is 0 Å². The van der Waals surface area contributed by atoms with E-state index in [9.17, 15) is 0 Å². The van der Waals surface area contributed by atoms with E-state index in [4.69, 9.17) is 4.74 Å². The molecule has 0 aromatic carbocycles. The third-order valence-corrected chi connectivity index (χ3v) is 1.13. The molecule has 1 atom stereocenters. The van der Waals surface area contributed by atoms with Crippen LogP contribution in [0, 0.1) is 0 Å². The van der Waals surface area contributed by atoms with Crippen molar-refractivity contribution in [1.29, 1.82) is 0 Å². The van der Waals surface area contributed by atoms with E-state index in [0.717, 1.165) is 6.54 Å². The number of hydrogen-bond donors (Lipinski definition) is 0. The molecule has 0 amide bonds. The Balaban J connectivity index is 3.34. The summed E-state index contributed by atoms with van der Waals surface area (Å²) in [5.41, 5.74) is 0. The van der Waals surface area contributed by atoms with Crippen molar-refractivity contribution in [3.63, 3.8) is 0 Å². The zero-order valence-electron chi connectivity index (χ0n) is 7.72. The summed E-state index contributed by atoms with van der Waals surface area (Å²) in [7, 11) is 4.11. The molecule has 0 saturated heterocycles. The molecule has 0 bridgehead atoms. The zero-order valence-corrected chi connectivity index (χ0v) is 7.72. The highest BCUT2D eigenvalue weighted by molar-refractivity contribution is 4.54. The molecular formula is C8H19NO. The molecule has 0 aliphatic rings. The van der Waals surface area contributed by atoms with Gasteiger partial charge in [0.25, 0.3) is 0 Å².